The summed E-state index contributed by atoms with van der Waals surface area (Å²) < 4.78 is 11.6. The van der Waals surface area contributed by atoms with Crippen LogP contribution in [0.2, 0.25) is 0 Å². The molecule has 2 heterocycles. The molecular formula is C20H32O4. The average molecular weight is 336 g/mol. The molecule has 0 aromatic heterocycles. The summed E-state index contributed by atoms with van der Waals surface area (Å²) in [5.74, 6) is 0.0197. The van der Waals surface area contributed by atoms with Gasteiger partial charge in [0.05, 0.1) is 23.2 Å². The van der Waals surface area contributed by atoms with Crippen molar-refractivity contribution in [1.29, 1.82) is 0 Å². The minimum absolute atomic E-state index is 0.0243. The highest BCUT2D eigenvalue weighted by molar-refractivity contribution is 5.73. The Morgan fingerprint density at radius 2 is 1.96 bits per heavy atom. The third-order valence-electron chi connectivity index (χ3n) is 6.54. The van der Waals surface area contributed by atoms with E-state index in [9.17, 15) is 9.90 Å². The number of esters is 1. The molecule has 2 saturated heterocycles. The molecule has 24 heavy (non-hydrogen) atoms. The quantitative estimate of drug-likeness (QED) is 0.416. The van der Waals surface area contributed by atoms with Crippen molar-refractivity contribution in [2.45, 2.75) is 96.1 Å². The van der Waals surface area contributed by atoms with Crippen molar-refractivity contribution in [2.75, 3.05) is 0 Å². The highest BCUT2D eigenvalue weighted by Crippen LogP contribution is 2.46. The van der Waals surface area contributed by atoms with Gasteiger partial charge in [-0.1, -0.05) is 18.6 Å². The second kappa shape index (κ2) is 6.45. The predicted molar refractivity (Wildman–Crippen MR) is 92.5 cm³/mol. The number of fused-ring (bicyclic) bond motifs is 3. The number of hydrogen-bond acceptors (Lipinski definition) is 4. The van der Waals surface area contributed by atoms with Crippen molar-refractivity contribution in [3.05, 3.63) is 11.6 Å². The van der Waals surface area contributed by atoms with E-state index in [0.29, 0.717) is 12.5 Å². The van der Waals surface area contributed by atoms with Crippen LogP contribution in [-0.4, -0.2) is 34.5 Å². The molecule has 0 aromatic rings. The zero-order valence-corrected chi connectivity index (χ0v) is 15.5. The molecule has 136 valence electrons. The van der Waals surface area contributed by atoms with Crippen LogP contribution in [0.25, 0.3) is 0 Å². The van der Waals surface area contributed by atoms with E-state index in [-0.39, 0.29) is 23.4 Å². The van der Waals surface area contributed by atoms with Crippen LogP contribution in [0.4, 0.5) is 0 Å². The summed E-state index contributed by atoms with van der Waals surface area (Å²) in [6, 6.07) is 0. The van der Waals surface area contributed by atoms with E-state index in [1.54, 1.807) is 0 Å². The number of epoxide rings is 1. The molecule has 2 fully saturated rings. The molecule has 0 spiro atoms. The molecule has 4 nitrogen and oxygen atoms in total. The minimum Gasteiger partial charge on any atom is -0.459 e. The van der Waals surface area contributed by atoms with Gasteiger partial charge >= 0.3 is 5.97 Å². The van der Waals surface area contributed by atoms with Gasteiger partial charge in [-0.15, -0.1) is 0 Å². The van der Waals surface area contributed by atoms with Crippen LogP contribution < -0.4 is 0 Å². The van der Waals surface area contributed by atoms with Crippen molar-refractivity contribution in [1.82, 2.24) is 0 Å². The van der Waals surface area contributed by atoms with E-state index in [1.165, 1.54) is 5.57 Å². The van der Waals surface area contributed by atoms with Crippen LogP contribution >= 0.6 is 0 Å². The second-order valence-electron chi connectivity index (χ2n) is 8.65. The molecule has 3 aliphatic rings. The largest absolute Gasteiger partial charge is 0.459 e. The number of carbonyl (C=O) groups is 1. The molecule has 2 bridgehead atoms. The number of carbonyl (C=O) groups excluding carboxylic acids is 1. The van der Waals surface area contributed by atoms with E-state index in [0.717, 1.165) is 38.5 Å². The molecule has 1 aliphatic carbocycles. The Labute approximate surface area is 145 Å². The summed E-state index contributed by atoms with van der Waals surface area (Å²) in [6.07, 6.45) is 8.44. The van der Waals surface area contributed by atoms with Crippen molar-refractivity contribution >= 4 is 5.97 Å². The second-order valence-corrected chi connectivity index (χ2v) is 8.65. The Morgan fingerprint density at radius 1 is 1.21 bits per heavy atom. The minimum atomic E-state index is -0.961. The smallest absolute Gasteiger partial charge is 0.309 e. The SMILES string of the molecule is C/C1=C/CC[C@](C)(O)[C@H]2C[C@@H](CC[C@]3(C)OC3CC1)[C@H](C)C(=O)O2. The number of allylic oxidation sites excluding steroid dienone is 2. The maximum Gasteiger partial charge on any atom is 0.309 e. The summed E-state index contributed by atoms with van der Waals surface area (Å²) in [7, 11) is 0. The first-order chi connectivity index (χ1) is 11.2. The standard InChI is InChI=1S/C20H32O4/c1-13-6-5-10-19(3,22)17-12-15(14(2)18(21)23-17)9-11-20(4)16(24-20)8-7-13/h6,14-17,22H,5,7-12H2,1-4H3/b13-6-/t14-,15+,16?,17+,19-,20-/m0/s1. The van der Waals surface area contributed by atoms with Gasteiger partial charge in [0.2, 0.25) is 0 Å². The molecule has 1 N–H and O–H groups in total. The summed E-state index contributed by atoms with van der Waals surface area (Å²) in [4.78, 5) is 12.3. The number of hydrogen-bond donors (Lipinski definition) is 1. The fourth-order valence-electron chi connectivity index (χ4n) is 4.30. The van der Waals surface area contributed by atoms with Gasteiger partial charge in [-0.05, 0) is 71.6 Å². The van der Waals surface area contributed by atoms with Crippen LogP contribution in [0.15, 0.2) is 11.6 Å². The average Bonchev–Trinajstić information content (AvgIpc) is 3.16. The molecular weight excluding hydrogens is 304 g/mol. The Bertz CT molecular complexity index is 524. The maximum atomic E-state index is 12.3. The highest BCUT2D eigenvalue weighted by atomic mass is 16.6. The van der Waals surface area contributed by atoms with Gasteiger partial charge in [0, 0.05) is 0 Å². The van der Waals surface area contributed by atoms with Crippen molar-refractivity contribution in [2.24, 2.45) is 11.8 Å². The summed E-state index contributed by atoms with van der Waals surface area (Å²) in [5, 5.41) is 10.9. The van der Waals surface area contributed by atoms with Crippen molar-refractivity contribution in [3.8, 4) is 0 Å². The fraction of sp³-hybridized carbons (Fsp3) is 0.850. The predicted octanol–water partition coefficient (Wildman–Crippen LogP) is 3.76. The molecule has 3 rings (SSSR count). The molecule has 0 saturated carbocycles. The van der Waals surface area contributed by atoms with Crippen LogP contribution in [0.1, 0.15) is 72.6 Å². The Morgan fingerprint density at radius 3 is 2.71 bits per heavy atom. The highest BCUT2D eigenvalue weighted by Gasteiger charge is 2.52. The number of rotatable bonds is 0. The first-order valence-electron chi connectivity index (χ1n) is 9.47. The summed E-state index contributed by atoms with van der Waals surface area (Å²) in [6.45, 7) is 8.12. The third-order valence-corrected chi connectivity index (χ3v) is 6.54. The van der Waals surface area contributed by atoms with Gasteiger partial charge in [-0.2, -0.15) is 0 Å². The number of ether oxygens (including phenoxy) is 2. The molecule has 2 aliphatic heterocycles. The maximum absolute atomic E-state index is 12.3. The molecule has 0 radical (unpaired) electrons. The molecule has 4 heteroatoms. The van der Waals surface area contributed by atoms with Crippen LogP contribution in [-0.2, 0) is 14.3 Å². The van der Waals surface area contributed by atoms with Crippen LogP contribution in [0.3, 0.4) is 0 Å². The van der Waals surface area contributed by atoms with Crippen LogP contribution in [0.5, 0.6) is 0 Å². The van der Waals surface area contributed by atoms with E-state index in [2.05, 4.69) is 19.9 Å². The van der Waals surface area contributed by atoms with Gasteiger partial charge < -0.3 is 14.6 Å². The van der Waals surface area contributed by atoms with Gasteiger partial charge in [0.1, 0.15) is 6.10 Å². The lowest BCUT2D eigenvalue weighted by Crippen LogP contribution is -2.49. The molecule has 0 aromatic carbocycles. The monoisotopic (exact) mass is 336 g/mol. The zero-order valence-electron chi connectivity index (χ0n) is 15.5. The Balaban J connectivity index is 1.78. The first kappa shape index (κ1) is 17.9. The zero-order chi connectivity index (χ0) is 17.5. The summed E-state index contributed by atoms with van der Waals surface area (Å²) in [5.41, 5.74) is 0.369. The molecule has 1 unspecified atom stereocenters. The van der Waals surface area contributed by atoms with E-state index in [1.807, 2.05) is 13.8 Å². The van der Waals surface area contributed by atoms with Crippen molar-refractivity contribution < 1.29 is 19.4 Å². The fourth-order valence-corrected chi connectivity index (χ4v) is 4.30. The van der Waals surface area contributed by atoms with Gasteiger partial charge in [-0.25, -0.2) is 0 Å². The topological polar surface area (TPSA) is 59.1 Å². The third kappa shape index (κ3) is 3.70. The lowest BCUT2D eigenvalue weighted by molar-refractivity contribution is -0.184. The van der Waals surface area contributed by atoms with Crippen molar-refractivity contribution in [3.63, 3.8) is 0 Å². The molecule has 6 atom stereocenters. The number of aliphatic hydroxyl groups is 1. The van der Waals surface area contributed by atoms with E-state index >= 15 is 0 Å². The Kier molecular flexibility index (Phi) is 4.82. The van der Waals surface area contributed by atoms with Gasteiger partial charge in [0.25, 0.3) is 0 Å². The lowest BCUT2D eigenvalue weighted by Gasteiger charge is -2.40. The first-order valence-corrected chi connectivity index (χ1v) is 9.47. The lowest BCUT2D eigenvalue weighted by atomic mass is 9.76. The van der Waals surface area contributed by atoms with Gasteiger partial charge in [-0.3, -0.25) is 4.79 Å². The normalized spacial score (nSPS) is 49.2. The molecule has 0 amide bonds. The Hall–Kier alpha value is -0.870. The van der Waals surface area contributed by atoms with Crippen LogP contribution in [0, 0.1) is 11.8 Å². The van der Waals surface area contributed by atoms with Gasteiger partial charge in [0.15, 0.2) is 0 Å². The van der Waals surface area contributed by atoms with E-state index in [4.69, 9.17) is 9.47 Å². The van der Waals surface area contributed by atoms with E-state index < -0.39 is 11.7 Å². The summed E-state index contributed by atoms with van der Waals surface area (Å²) >= 11 is 0.